The van der Waals surface area contributed by atoms with Crippen molar-refractivity contribution in [3.63, 3.8) is 0 Å². The first-order chi connectivity index (χ1) is 9.70. The molecular weight excluding hydrogens is 320 g/mol. The monoisotopic (exact) mass is 334 g/mol. The van der Waals surface area contributed by atoms with E-state index in [1.54, 1.807) is 6.26 Å². The standard InChI is InChI=1S/C14H15BrN4O/c1-19-13-5-3-2-4-9(13)12(18-19)8-11(17-16)10-6-7-20-14(10)15/h2-7,11,17H,8,16H2,1H3. The van der Waals surface area contributed by atoms with Crippen molar-refractivity contribution in [3.05, 3.63) is 52.5 Å². The van der Waals surface area contributed by atoms with Crippen LogP contribution in [0.5, 0.6) is 0 Å². The second-order valence-electron chi connectivity index (χ2n) is 4.66. The number of rotatable bonds is 4. The molecule has 2 aromatic heterocycles. The highest BCUT2D eigenvalue weighted by atomic mass is 79.9. The zero-order valence-corrected chi connectivity index (χ0v) is 12.6. The minimum atomic E-state index is -0.0542. The van der Waals surface area contributed by atoms with E-state index >= 15 is 0 Å². The predicted molar refractivity (Wildman–Crippen MR) is 80.9 cm³/mol. The molecule has 0 aliphatic rings. The number of furan rings is 1. The highest BCUT2D eigenvalue weighted by Crippen LogP contribution is 2.28. The van der Waals surface area contributed by atoms with Gasteiger partial charge in [-0.2, -0.15) is 5.10 Å². The molecule has 3 N–H and O–H groups in total. The van der Waals surface area contributed by atoms with Gasteiger partial charge in [-0.1, -0.05) is 18.2 Å². The molecule has 0 spiro atoms. The van der Waals surface area contributed by atoms with Crippen LogP contribution in [0.2, 0.25) is 0 Å². The molecule has 20 heavy (non-hydrogen) atoms. The molecule has 104 valence electrons. The van der Waals surface area contributed by atoms with Crippen LogP contribution in [-0.2, 0) is 13.5 Å². The topological polar surface area (TPSA) is 69.0 Å². The van der Waals surface area contributed by atoms with Gasteiger partial charge in [-0.15, -0.1) is 0 Å². The van der Waals surface area contributed by atoms with Crippen LogP contribution in [0.4, 0.5) is 0 Å². The van der Waals surface area contributed by atoms with Crippen LogP contribution in [-0.4, -0.2) is 9.78 Å². The number of aryl methyl sites for hydroxylation is 1. The largest absolute Gasteiger partial charge is 0.457 e. The number of benzene rings is 1. The number of hydrogen-bond donors (Lipinski definition) is 2. The fraction of sp³-hybridized carbons (Fsp3) is 0.214. The van der Waals surface area contributed by atoms with E-state index in [-0.39, 0.29) is 6.04 Å². The molecule has 0 saturated carbocycles. The Kier molecular flexibility index (Phi) is 3.60. The summed E-state index contributed by atoms with van der Waals surface area (Å²) in [6.07, 6.45) is 2.33. The molecule has 1 unspecified atom stereocenters. The number of halogens is 1. The van der Waals surface area contributed by atoms with Crippen LogP contribution in [0.3, 0.4) is 0 Å². The van der Waals surface area contributed by atoms with Gasteiger partial charge in [0.2, 0.25) is 0 Å². The average molecular weight is 335 g/mol. The van der Waals surface area contributed by atoms with Crippen molar-refractivity contribution >= 4 is 26.8 Å². The van der Waals surface area contributed by atoms with Crippen molar-refractivity contribution in [2.75, 3.05) is 0 Å². The molecule has 2 heterocycles. The molecular formula is C14H15BrN4O. The number of hydrazine groups is 1. The Hall–Kier alpha value is -1.63. The van der Waals surface area contributed by atoms with Crippen molar-refractivity contribution in [2.24, 2.45) is 12.9 Å². The molecule has 0 aliphatic carbocycles. The van der Waals surface area contributed by atoms with Gasteiger partial charge in [0.25, 0.3) is 0 Å². The molecule has 0 bridgehead atoms. The first kappa shape index (κ1) is 13.4. The molecule has 3 rings (SSSR count). The predicted octanol–water partition coefficient (Wildman–Crippen LogP) is 2.68. The van der Waals surface area contributed by atoms with Gasteiger partial charge < -0.3 is 4.42 Å². The van der Waals surface area contributed by atoms with Crippen molar-refractivity contribution in [3.8, 4) is 0 Å². The van der Waals surface area contributed by atoms with Gasteiger partial charge in [-0.25, -0.2) is 0 Å². The van der Waals surface area contributed by atoms with Crippen LogP contribution >= 0.6 is 15.9 Å². The van der Waals surface area contributed by atoms with E-state index in [1.807, 2.05) is 29.9 Å². The first-order valence-corrected chi connectivity index (χ1v) is 7.09. The normalized spacial score (nSPS) is 12.9. The summed E-state index contributed by atoms with van der Waals surface area (Å²) in [5, 5.41) is 5.74. The second kappa shape index (κ2) is 5.40. The molecule has 0 amide bonds. The Morgan fingerprint density at radius 2 is 2.20 bits per heavy atom. The Labute approximate surface area is 124 Å². The molecule has 3 aromatic rings. The summed E-state index contributed by atoms with van der Waals surface area (Å²) in [7, 11) is 1.95. The van der Waals surface area contributed by atoms with Gasteiger partial charge in [0.05, 0.1) is 23.5 Å². The number of nitrogens with two attached hydrogens (primary N) is 1. The minimum Gasteiger partial charge on any atom is -0.457 e. The van der Waals surface area contributed by atoms with Gasteiger partial charge in [-0.3, -0.25) is 16.0 Å². The Balaban J connectivity index is 1.98. The van der Waals surface area contributed by atoms with Crippen LogP contribution in [0.1, 0.15) is 17.3 Å². The van der Waals surface area contributed by atoms with E-state index < -0.39 is 0 Å². The van der Waals surface area contributed by atoms with Crippen molar-refractivity contribution < 1.29 is 4.42 Å². The Morgan fingerprint density at radius 3 is 2.90 bits per heavy atom. The molecule has 6 heteroatoms. The maximum Gasteiger partial charge on any atom is 0.173 e. The summed E-state index contributed by atoms with van der Waals surface area (Å²) in [6, 6.07) is 10.0. The van der Waals surface area contributed by atoms with Gasteiger partial charge >= 0.3 is 0 Å². The lowest BCUT2D eigenvalue weighted by atomic mass is 10.0. The number of hydrogen-bond acceptors (Lipinski definition) is 4. The van der Waals surface area contributed by atoms with Gasteiger partial charge in [0.15, 0.2) is 4.67 Å². The molecule has 5 nitrogen and oxygen atoms in total. The number of para-hydroxylation sites is 1. The third-order valence-electron chi connectivity index (χ3n) is 3.45. The van der Waals surface area contributed by atoms with E-state index in [0.29, 0.717) is 11.1 Å². The summed E-state index contributed by atoms with van der Waals surface area (Å²) in [5.41, 5.74) is 5.95. The SMILES string of the molecule is Cn1nc(CC(NN)c2ccoc2Br)c2ccccc21. The number of nitrogens with one attached hydrogen (secondary N) is 1. The van der Waals surface area contributed by atoms with E-state index in [1.165, 1.54) is 0 Å². The fourth-order valence-electron chi connectivity index (χ4n) is 2.45. The Bertz CT molecular complexity index is 734. The van der Waals surface area contributed by atoms with E-state index in [4.69, 9.17) is 10.3 Å². The number of nitrogens with zero attached hydrogens (tertiary/aromatic N) is 2. The third-order valence-corrected chi connectivity index (χ3v) is 4.10. The van der Waals surface area contributed by atoms with E-state index in [9.17, 15) is 0 Å². The van der Waals surface area contributed by atoms with Crippen LogP contribution in [0.25, 0.3) is 10.9 Å². The summed E-state index contributed by atoms with van der Waals surface area (Å²) >= 11 is 3.39. The molecule has 1 aromatic carbocycles. The summed E-state index contributed by atoms with van der Waals surface area (Å²) < 4.78 is 7.86. The van der Waals surface area contributed by atoms with E-state index in [0.717, 1.165) is 22.2 Å². The van der Waals surface area contributed by atoms with Crippen molar-refractivity contribution in [2.45, 2.75) is 12.5 Å². The quantitative estimate of drug-likeness (QED) is 0.568. The smallest absolute Gasteiger partial charge is 0.173 e. The molecule has 1 atom stereocenters. The minimum absolute atomic E-state index is 0.0542. The van der Waals surface area contributed by atoms with Crippen LogP contribution < -0.4 is 11.3 Å². The highest BCUT2D eigenvalue weighted by molar-refractivity contribution is 9.10. The molecule has 0 fully saturated rings. The lowest BCUT2D eigenvalue weighted by molar-refractivity contribution is 0.503. The summed E-state index contributed by atoms with van der Waals surface area (Å²) in [6.45, 7) is 0. The maximum atomic E-state index is 5.68. The van der Waals surface area contributed by atoms with Gasteiger partial charge in [-0.05, 0) is 28.1 Å². The van der Waals surface area contributed by atoms with Crippen LogP contribution in [0, 0.1) is 0 Å². The van der Waals surface area contributed by atoms with Crippen LogP contribution in [0.15, 0.2) is 45.7 Å². The molecule has 0 aliphatic heterocycles. The van der Waals surface area contributed by atoms with E-state index in [2.05, 4.69) is 38.6 Å². The molecule has 0 radical (unpaired) electrons. The summed E-state index contributed by atoms with van der Waals surface area (Å²) in [4.78, 5) is 0. The average Bonchev–Trinajstić information content (AvgIpc) is 3.01. The summed E-state index contributed by atoms with van der Waals surface area (Å²) in [5.74, 6) is 5.68. The fourth-order valence-corrected chi connectivity index (χ4v) is 2.96. The lowest BCUT2D eigenvalue weighted by Crippen LogP contribution is -2.29. The third kappa shape index (κ3) is 2.26. The van der Waals surface area contributed by atoms with Crippen molar-refractivity contribution in [1.82, 2.24) is 15.2 Å². The number of fused-ring (bicyclic) bond motifs is 1. The zero-order chi connectivity index (χ0) is 14.1. The van der Waals surface area contributed by atoms with Gasteiger partial charge in [0, 0.05) is 24.4 Å². The zero-order valence-electron chi connectivity index (χ0n) is 11.0. The first-order valence-electron chi connectivity index (χ1n) is 6.30. The highest BCUT2D eigenvalue weighted by Gasteiger charge is 2.19. The van der Waals surface area contributed by atoms with Crippen molar-refractivity contribution in [1.29, 1.82) is 0 Å². The second-order valence-corrected chi connectivity index (χ2v) is 5.38. The number of aromatic nitrogens is 2. The Morgan fingerprint density at radius 1 is 1.40 bits per heavy atom. The maximum absolute atomic E-state index is 5.68. The lowest BCUT2D eigenvalue weighted by Gasteiger charge is -2.13. The van der Waals surface area contributed by atoms with Gasteiger partial charge in [0.1, 0.15) is 0 Å². The molecule has 0 saturated heterocycles.